The Balaban J connectivity index is 1.60. The van der Waals surface area contributed by atoms with Gasteiger partial charge in [-0.2, -0.15) is 5.10 Å². The molecule has 0 saturated carbocycles. The molecule has 158 valence electrons. The van der Waals surface area contributed by atoms with Crippen LogP contribution in [0.3, 0.4) is 0 Å². The summed E-state index contributed by atoms with van der Waals surface area (Å²) in [5.41, 5.74) is 5.42. The Hall–Kier alpha value is -2.77. The Labute approximate surface area is 177 Å². The van der Waals surface area contributed by atoms with Gasteiger partial charge in [0.1, 0.15) is 0 Å². The number of hydrogen-bond donors (Lipinski definition) is 1. The third-order valence-electron chi connectivity index (χ3n) is 5.75. The minimum Gasteiger partial charge on any atom is -0.379 e. The van der Waals surface area contributed by atoms with Gasteiger partial charge in [-0.05, 0) is 32.4 Å². The van der Waals surface area contributed by atoms with Crippen LogP contribution in [-0.4, -0.2) is 58.4 Å². The lowest BCUT2D eigenvalue weighted by Crippen LogP contribution is -2.43. The van der Waals surface area contributed by atoms with Crippen LogP contribution in [0, 0.1) is 20.8 Å². The summed E-state index contributed by atoms with van der Waals surface area (Å²) >= 11 is 0. The van der Waals surface area contributed by atoms with Gasteiger partial charge in [-0.1, -0.05) is 29.8 Å². The van der Waals surface area contributed by atoms with Crippen LogP contribution in [0.2, 0.25) is 0 Å². The van der Waals surface area contributed by atoms with E-state index in [0.717, 1.165) is 48.7 Å². The first-order valence-corrected chi connectivity index (χ1v) is 10.4. The maximum atomic E-state index is 13.2. The van der Waals surface area contributed by atoms with E-state index in [1.807, 2.05) is 27.0 Å². The summed E-state index contributed by atoms with van der Waals surface area (Å²) in [4.78, 5) is 20.2. The normalized spacial score (nSPS) is 16.0. The van der Waals surface area contributed by atoms with Crippen LogP contribution in [0.5, 0.6) is 0 Å². The number of hydrogen-bond acceptors (Lipinski definition) is 5. The highest BCUT2D eigenvalue weighted by atomic mass is 16.5. The van der Waals surface area contributed by atoms with Gasteiger partial charge in [0.2, 0.25) is 0 Å². The fraction of sp³-hybridized carbons (Fsp3) is 0.435. The molecule has 7 heteroatoms. The van der Waals surface area contributed by atoms with E-state index in [1.165, 1.54) is 11.1 Å². The third kappa shape index (κ3) is 4.08. The highest BCUT2D eigenvalue weighted by molar-refractivity contribution is 6.06. The predicted octanol–water partition coefficient (Wildman–Crippen LogP) is 2.70. The zero-order valence-electron chi connectivity index (χ0n) is 18.1. The fourth-order valence-corrected chi connectivity index (χ4v) is 4.17. The Kier molecular flexibility index (Phi) is 5.83. The number of carbonyl (C=O) groups excluding carboxylic acids is 1. The number of aryl methyl sites for hydroxylation is 4. The number of fused-ring (bicyclic) bond motifs is 1. The molecule has 1 aliphatic heterocycles. The van der Waals surface area contributed by atoms with Gasteiger partial charge in [0, 0.05) is 32.4 Å². The molecule has 30 heavy (non-hydrogen) atoms. The molecule has 2 aromatic heterocycles. The Morgan fingerprint density at radius 3 is 2.57 bits per heavy atom. The maximum absolute atomic E-state index is 13.2. The van der Waals surface area contributed by atoms with Crippen LogP contribution in [0.15, 0.2) is 30.3 Å². The zero-order chi connectivity index (χ0) is 21.3. The van der Waals surface area contributed by atoms with Gasteiger partial charge in [-0.15, -0.1) is 0 Å². The van der Waals surface area contributed by atoms with Crippen LogP contribution >= 0.6 is 0 Å². The molecule has 0 spiro atoms. The van der Waals surface area contributed by atoms with Crippen molar-refractivity contribution in [2.24, 2.45) is 7.05 Å². The van der Waals surface area contributed by atoms with E-state index in [1.54, 1.807) is 4.68 Å². The van der Waals surface area contributed by atoms with E-state index >= 15 is 0 Å². The molecule has 1 atom stereocenters. The number of ether oxygens (including phenoxy) is 1. The molecule has 0 bridgehead atoms. The highest BCUT2D eigenvalue weighted by Gasteiger charge is 2.24. The molecule has 3 heterocycles. The largest absolute Gasteiger partial charge is 0.379 e. The van der Waals surface area contributed by atoms with E-state index in [9.17, 15) is 4.79 Å². The van der Waals surface area contributed by atoms with Gasteiger partial charge in [-0.3, -0.25) is 14.4 Å². The van der Waals surface area contributed by atoms with Crippen LogP contribution < -0.4 is 5.32 Å². The maximum Gasteiger partial charge on any atom is 0.252 e. The van der Waals surface area contributed by atoms with Crippen molar-refractivity contribution < 1.29 is 9.53 Å². The third-order valence-corrected chi connectivity index (χ3v) is 5.75. The number of benzene rings is 1. The van der Waals surface area contributed by atoms with E-state index in [2.05, 4.69) is 51.5 Å². The average Bonchev–Trinajstić information content (AvgIpc) is 3.03. The van der Waals surface area contributed by atoms with Crippen LogP contribution in [-0.2, 0) is 11.8 Å². The van der Waals surface area contributed by atoms with Crippen molar-refractivity contribution in [3.63, 3.8) is 0 Å². The first kappa shape index (κ1) is 20.5. The lowest BCUT2D eigenvalue weighted by molar-refractivity contribution is 0.0162. The van der Waals surface area contributed by atoms with E-state index in [0.29, 0.717) is 12.1 Å². The molecule has 1 fully saturated rings. The molecule has 0 aliphatic carbocycles. The molecular formula is C23H29N5O2. The van der Waals surface area contributed by atoms with Gasteiger partial charge < -0.3 is 10.1 Å². The summed E-state index contributed by atoms with van der Waals surface area (Å²) in [5, 5.41) is 8.45. The lowest BCUT2D eigenvalue weighted by atomic mass is 10.0. The van der Waals surface area contributed by atoms with Crippen molar-refractivity contribution in [3.05, 3.63) is 58.4 Å². The number of pyridine rings is 1. The van der Waals surface area contributed by atoms with Crippen LogP contribution in [0.1, 0.15) is 38.9 Å². The van der Waals surface area contributed by atoms with Crippen molar-refractivity contribution in [2.45, 2.75) is 26.8 Å². The molecule has 0 radical (unpaired) electrons. The van der Waals surface area contributed by atoms with Crippen molar-refractivity contribution >= 4 is 16.9 Å². The molecule has 1 saturated heterocycles. The molecule has 4 rings (SSSR count). The Bertz CT molecular complexity index is 1050. The van der Waals surface area contributed by atoms with E-state index < -0.39 is 0 Å². The molecule has 1 amide bonds. The number of rotatable bonds is 5. The van der Waals surface area contributed by atoms with Crippen LogP contribution in [0.4, 0.5) is 0 Å². The quantitative estimate of drug-likeness (QED) is 0.704. The van der Waals surface area contributed by atoms with Gasteiger partial charge >= 0.3 is 0 Å². The number of morpholine rings is 1. The fourth-order valence-electron chi connectivity index (χ4n) is 4.17. The van der Waals surface area contributed by atoms with Crippen molar-refractivity contribution in [2.75, 3.05) is 32.8 Å². The minimum absolute atomic E-state index is 0.0908. The molecule has 3 aromatic rings. The average molecular weight is 408 g/mol. The first-order valence-electron chi connectivity index (χ1n) is 10.4. The van der Waals surface area contributed by atoms with E-state index in [4.69, 9.17) is 4.74 Å². The number of nitrogens with zero attached hydrogens (tertiary/aromatic N) is 4. The standard InChI is InChI=1S/C23H29N5O2/c1-15-5-7-18(8-6-15)20(28-9-11-30-12-10-28)14-24-23(29)19-13-16(2)25-22-21(19)17(3)26-27(22)4/h5-8,13,20H,9-12,14H2,1-4H3,(H,24,29)/t20-/m1/s1. The van der Waals surface area contributed by atoms with Crippen molar-refractivity contribution in [1.82, 2.24) is 25.0 Å². The van der Waals surface area contributed by atoms with Crippen molar-refractivity contribution in [3.8, 4) is 0 Å². The Morgan fingerprint density at radius 2 is 1.87 bits per heavy atom. The second-order valence-electron chi connectivity index (χ2n) is 8.00. The summed E-state index contributed by atoms with van der Waals surface area (Å²) in [5.74, 6) is -0.0908. The topological polar surface area (TPSA) is 72.3 Å². The number of aromatic nitrogens is 3. The summed E-state index contributed by atoms with van der Waals surface area (Å²) in [6, 6.07) is 10.5. The predicted molar refractivity (Wildman–Crippen MR) is 117 cm³/mol. The monoisotopic (exact) mass is 407 g/mol. The van der Waals surface area contributed by atoms with Gasteiger partial charge in [0.05, 0.1) is 35.9 Å². The molecular weight excluding hydrogens is 378 g/mol. The lowest BCUT2D eigenvalue weighted by Gasteiger charge is -2.35. The highest BCUT2D eigenvalue weighted by Crippen LogP contribution is 2.24. The van der Waals surface area contributed by atoms with Crippen LogP contribution in [0.25, 0.3) is 11.0 Å². The van der Waals surface area contributed by atoms with E-state index in [-0.39, 0.29) is 11.9 Å². The Morgan fingerprint density at radius 1 is 1.17 bits per heavy atom. The molecule has 1 N–H and O–H groups in total. The number of nitrogens with one attached hydrogen (secondary N) is 1. The van der Waals surface area contributed by atoms with Crippen molar-refractivity contribution in [1.29, 1.82) is 0 Å². The summed E-state index contributed by atoms with van der Waals surface area (Å²) in [6.07, 6.45) is 0. The van der Waals surface area contributed by atoms with Gasteiger partial charge in [0.25, 0.3) is 5.91 Å². The first-order chi connectivity index (χ1) is 14.4. The number of amides is 1. The van der Waals surface area contributed by atoms with Gasteiger partial charge in [0.15, 0.2) is 5.65 Å². The second-order valence-corrected chi connectivity index (χ2v) is 8.00. The molecule has 0 unspecified atom stereocenters. The van der Waals surface area contributed by atoms with Gasteiger partial charge in [-0.25, -0.2) is 4.98 Å². The molecule has 1 aromatic carbocycles. The number of carbonyl (C=O) groups is 1. The zero-order valence-corrected chi connectivity index (χ0v) is 18.1. The minimum atomic E-state index is -0.0908. The summed E-state index contributed by atoms with van der Waals surface area (Å²) < 4.78 is 7.26. The second kappa shape index (κ2) is 8.53. The SMILES string of the molecule is Cc1ccc([C@@H](CNC(=O)c2cc(C)nc3c2c(C)nn3C)N2CCOCC2)cc1. The molecule has 7 nitrogen and oxygen atoms in total. The summed E-state index contributed by atoms with van der Waals surface area (Å²) in [6.45, 7) is 9.58. The molecule has 1 aliphatic rings. The summed E-state index contributed by atoms with van der Waals surface area (Å²) in [7, 11) is 1.86. The smallest absolute Gasteiger partial charge is 0.252 e.